The second-order valence-electron chi connectivity index (χ2n) is 6.00. The van der Waals surface area contributed by atoms with Crippen molar-refractivity contribution in [2.75, 3.05) is 31.2 Å². The molecule has 1 aromatic heterocycles. The Kier molecular flexibility index (Phi) is 5.27. The SMILES string of the molecule is O=S(=O)(c1ccccc1)c1cc(-c2nc(Br)ns2)cc(N2CCOCC2)c1. The van der Waals surface area contributed by atoms with Crippen molar-refractivity contribution in [1.82, 2.24) is 9.36 Å². The maximum atomic E-state index is 13.2. The molecular weight excluding hydrogens is 450 g/mol. The zero-order valence-corrected chi connectivity index (χ0v) is 17.4. The molecule has 27 heavy (non-hydrogen) atoms. The minimum absolute atomic E-state index is 0.249. The molecule has 0 amide bonds. The van der Waals surface area contributed by atoms with Gasteiger partial charge in [0.2, 0.25) is 14.6 Å². The number of halogens is 1. The van der Waals surface area contributed by atoms with Crippen LogP contribution in [0.5, 0.6) is 0 Å². The van der Waals surface area contributed by atoms with E-state index >= 15 is 0 Å². The molecule has 1 aliphatic heterocycles. The fraction of sp³-hybridized carbons (Fsp3) is 0.222. The molecule has 0 spiro atoms. The molecule has 1 aliphatic rings. The molecule has 2 aromatic carbocycles. The van der Waals surface area contributed by atoms with Gasteiger partial charge in [-0.05, 0) is 57.8 Å². The van der Waals surface area contributed by atoms with Gasteiger partial charge in [-0.25, -0.2) is 13.4 Å². The first-order valence-corrected chi connectivity index (χ1v) is 11.4. The molecular formula is C18H16BrN3O3S2. The third-order valence-corrected chi connectivity index (χ3v) is 7.38. The van der Waals surface area contributed by atoms with Crippen LogP contribution in [-0.4, -0.2) is 44.1 Å². The van der Waals surface area contributed by atoms with Gasteiger partial charge in [-0.1, -0.05) is 18.2 Å². The fourth-order valence-electron chi connectivity index (χ4n) is 2.92. The Labute approximate surface area is 170 Å². The van der Waals surface area contributed by atoms with E-state index in [1.54, 1.807) is 42.5 Å². The van der Waals surface area contributed by atoms with Crippen molar-refractivity contribution < 1.29 is 13.2 Å². The van der Waals surface area contributed by atoms with E-state index in [-0.39, 0.29) is 9.79 Å². The van der Waals surface area contributed by atoms with Gasteiger partial charge >= 0.3 is 0 Å². The monoisotopic (exact) mass is 465 g/mol. The Morgan fingerprint density at radius 3 is 2.44 bits per heavy atom. The summed E-state index contributed by atoms with van der Waals surface area (Å²) in [6, 6.07) is 13.8. The first-order chi connectivity index (χ1) is 13.0. The van der Waals surface area contributed by atoms with Crippen molar-refractivity contribution >= 4 is 43.0 Å². The molecule has 0 aliphatic carbocycles. The number of aromatic nitrogens is 2. The van der Waals surface area contributed by atoms with Crippen LogP contribution >= 0.6 is 27.5 Å². The second kappa shape index (κ2) is 7.67. The summed E-state index contributed by atoms with van der Waals surface area (Å²) in [7, 11) is -3.64. The smallest absolute Gasteiger partial charge is 0.209 e. The van der Waals surface area contributed by atoms with E-state index < -0.39 is 9.84 Å². The van der Waals surface area contributed by atoms with E-state index in [0.717, 1.165) is 11.3 Å². The summed E-state index contributed by atoms with van der Waals surface area (Å²) in [6.45, 7) is 2.67. The lowest BCUT2D eigenvalue weighted by Crippen LogP contribution is -2.36. The van der Waals surface area contributed by atoms with Gasteiger partial charge in [-0.15, -0.1) is 0 Å². The second-order valence-corrected chi connectivity index (χ2v) is 9.41. The highest BCUT2D eigenvalue weighted by Gasteiger charge is 2.22. The summed E-state index contributed by atoms with van der Waals surface area (Å²) in [5.41, 5.74) is 1.58. The van der Waals surface area contributed by atoms with Crippen LogP contribution in [0.2, 0.25) is 0 Å². The van der Waals surface area contributed by atoms with Crippen molar-refractivity contribution in [2.24, 2.45) is 0 Å². The number of hydrogen-bond donors (Lipinski definition) is 0. The van der Waals surface area contributed by atoms with Gasteiger partial charge in [-0.2, -0.15) is 4.37 Å². The van der Waals surface area contributed by atoms with E-state index in [2.05, 4.69) is 30.2 Å². The third kappa shape index (κ3) is 3.91. The molecule has 0 N–H and O–H groups in total. The minimum atomic E-state index is -3.64. The molecule has 3 aromatic rings. The van der Waals surface area contributed by atoms with E-state index in [1.165, 1.54) is 11.5 Å². The summed E-state index contributed by atoms with van der Waals surface area (Å²) in [5, 5.41) is 0.668. The molecule has 0 unspecified atom stereocenters. The highest BCUT2D eigenvalue weighted by Crippen LogP contribution is 2.33. The minimum Gasteiger partial charge on any atom is -0.378 e. The van der Waals surface area contributed by atoms with Gasteiger partial charge in [0, 0.05) is 24.3 Å². The molecule has 2 heterocycles. The number of anilines is 1. The van der Waals surface area contributed by atoms with Crippen LogP contribution in [0.15, 0.2) is 63.1 Å². The maximum absolute atomic E-state index is 13.2. The maximum Gasteiger partial charge on any atom is 0.209 e. The first kappa shape index (κ1) is 18.5. The van der Waals surface area contributed by atoms with Crippen LogP contribution in [0.4, 0.5) is 5.69 Å². The lowest BCUT2D eigenvalue weighted by atomic mass is 10.2. The van der Waals surface area contributed by atoms with Crippen LogP contribution in [0.1, 0.15) is 0 Å². The molecule has 1 saturated heterocycles. The van der Waals surface area contributed by atoms with Crippen LogP contribution in [0.25, 0.3) is 10.6 Å². The van der Waals surface area contributed by atoms with E-state index in [0.29, 0.717) is 36.0 Å². The summed E-state index contributed by atoms with van der Waals surface area (Å²) < 4.78 is 36.4. The van der Waals surface area contributed by atoms with Crippen molar-refractivity contribution in [3.8, 4) is 10.6 Å². The molecule has 0 bridgehead atoms. The quantitative estimate of drug-likeness (QED) is 0.585. The molecule has 6 nitrogen and oxygen atoms in total. The van der Waals surface area contributed by atoms with Crippen molar-refractivity contribution in [1.29, 1.82) is 0 Å². The Morgan fingerprint density at radius 2 is 1.78 bits per heavy atom. The van der Waals surface area contributed by atoms with Gasteiger partial charge < -0.3 is 9.64 Å². The Bertz CT molecular complexity index is 1050. The largest absolute Gasteiger partial charge is 0.378 e. The van der Waals surface area contributed by atoms with Crippen molar-refractivity contribution in [3.05, 3.63) is 53.3 Å². The number of rotatable bonds is 4. The average molecular weight is 466 g/mol. The topological polar surface area (TPSA) is 72.4 Å². The zero-order chi connectivity index (χ0) is 18.9. The number of ether oxygens (including phenoxy) is 1. The Balaban J connectivity index is 1.85. The molecule has 0 saturated carbocycles. The summed E-state index contributed by atoms with van der Waals surface area (Å²) in [5.74, 6) is 0. The summed E-state index contributed by atoms with van der Waals surface area (Å²) >= 11 is 4.49. The van der Waals surface area contributed by atoms with Gasteiger partial charge in [0.05, 0.1) is 23.0 Å². The van der Waals surface area contributed by atoms with Crippen molar-refractivity contribution in [2.45, 2.75) is 9.79 Å². The number of sulfone groups is 1. The molecule has 140 valence electrons. The predicted octanol–water partition coefficient (Wildman–Crippen LogP) is 3.64. The number of nitrogens with zero attached hydrogens (tertiary/aromatic N) is 3. The average Bonchev–Trinajstić information content (AvgIpc) is 3.15. The number of benzene rings is 2. The summed E-state index contributed by atoms with van der Waals surface area (Å²) in [4.78, 5) is 7.00. The molecule has 0 radical (unpaired) electrons. The van der Waals surface area contributed by atoms with E-state index in [9.17, 15) is 8.42 Å². The van der Waals surface area contributed by atoms with Crippen LogP contribution in [0.3, 0.4) is 0 Å². The lowest BCUT2D eigenvalue weighted by Gasteiger charge is -2.29. The third-order valence-electron chi connectivity index (χ3n) is 4.28. The normalized spacial score (nSPS) is 15.1. The predicted molar refractivity (Wildman–Crippen MR) is 108 cm³/mol. The Hall–Kier alpha value is -1.81. The van der Waals surface area contributed by atoms with E-state index in [4.69, 9.17) is 4.74 Å². The lowest BCUT2D eigenvalue weighted by molar-refractivity contribution is 0.122. The first-order valence-electron chi connectivity index (χ1n) is 8.31. The highest BCUT2D eigenvalue weighted by atomic mass is 79.9. The zero-order valence-electron chi connectivity index (χ0n) is 14.2. The van der Waals surface area contributed by atoms with Crippen LogP contribution in [-0.2, 0) is 14.6 Å². The fourth-order valence-corrected chi connectivity index (χ4v) is 5.34. The number of morpholine rings is 1. The molecule has 0 atom stereocenters. The standard InChI is InChI=1S/C18H16BrN3O3S2/c19-18-20-17(26-21-18)13-10-14(22-6-8-25-9-7-22)12-16(11-13)27(23,24)15-4-2-1-3-5-15/h1-5,10-12H,6-9H2. The van der Waals surface area contributed by atoms with Crippen molar-refractivity contribution in [3.63, 3.8) is 0 Å². The number of hydrogen-bond acceptors (Lipinski definition) is 7. The molecule has 1 fully saturated rings. The highest BCUT2D eigenvalue weighted by molar-refractivity contribution is 9.10. The summed E-state index contributed by atoms with van der Waals surface area (Å²) in [6.07, 6.45) is 0. The molecule has 4 rings (SSSR count). The van der Waals surface area contributed by atoms with E-state index in [1.807, 2.05) is 6.07 Å². The van der Waals surface area contributed by atoms with Crippen LogP contribution < -0.4 is 4.90 Å². The van der Waals surface area contributed by atoms with Gasteiger partial charge in [0.1, 0.15) is 5.01 Å². The van der Waals surface area contributed by atoms with Crippen LogP contribution in [0, 0.1) is 0 Å². The van der Waals surface area contributed by atoms with Gasteiger partial charge in [0.15, 0.2) is 0 Å². The van der Waals surface area contributed by atoms with Gasteiger partial charge in [-0.3, -0.25) is 0 Å². The Morgan fingerprint density at radius 1 is 1.04 bits per heavy atom. The molecule has 9 heteroatoms. The van der Waals surface area contributed by atoms with Gasteiger partial charge in [0.25, 0.3) is 0 Å².